The number of aromatic nitrogens is 2. The third-order valence-electron chi connectivity index (χ3n) is 4.28. The van der Waals surface area contributed by atoms with Crippen LogP contribution >= 0.6 is 0 Å². The number of fused-ring (bicyclic) bond motifs is 1. The number of nitrogens with zero attached hydrogens (tertiary/aromatic N) is 2. The van der Waals surface area contributed by atoms with Gasteiger partial charge >= 0.3 is 0 Å². The fourth-order valence-electron chi connectivity index (χ4n) is 2.53. The number of hydrogen-bond donors (Lipinski definition) is 1. The van der Waals surface area contributed by atoms with Gasteiger partial charge in [-0.15, -0.1) is 0 Å². The smallest absolute Gasteiger partial charge is 0.227 e. The van der Waals surface area contributed by atoms with Gasteiger partial charge in [0.2, 0.25) is 5.91 Å². The van der Waals surface area contributed by atoms with Crippen LogP contribution in [-0.2, 0) is 11.4 Å². The molecule has 0 aliphatic rings. The van der Waals surface area contributed by atoms with Crippen molar-refractivity contribution >= 4 is 17.2 Å². The third kappa shape index (κ3) is 3.96. The Morgan fingerprint density at radius 2 is 2.12 bits per heavy atom. The van der Waals surface area contributed by atoms with Crippen LogP contribution in [0.3, 0.4) is 0 Å². The van der Waals surface area contributed by atoms with Crippen LogP contribution in [0, 0.1) is 5.92 Å². The maximum absolute atomic E-state index is 12.1. The zero-order valence-electron chi connectivity index (χ0n) is 15.2. The molecule has 1 atom stereocenters. The van der Waals surface area contributed by atoms with Gasteiger partial charge in [-0.05, 0) is 30.7 Å². The predicted octanol–water partition coefficient (Wildman–Crippen LogP) is 3.91. The van der Waals surface area contributed by atoms with Crippen molar-refractivity contribution in [3.8, 4) is 11.5 Å². The Morgan fingerprint density at radius 1 is 1.27 bits per heavy atom. The molecule has 1 N–H and O–H groups in total. The highest BCUT2D eigenvalue weighted by Gasteiger charge is 2.13. The van der Waals surface area contributed by atoms with E-state index >= 15 is 0 Å². The van der Waals surface area contributed by atoms with Crippen LogP contribution in [0.5, 0.6) is 11.5 Å². The molecule has 3 rings (SSSR count). The van der Waals surface area contributed by atoms with Crippen LogP contribution in [0.4, 0.5) is 5.69 Å². The van der Waals surface area contributed by atoms with E-state index in [1.165, 1.54) is 0 Å². The number of nitrogens with one attached hydrogen (secondary N) is 1. The van der Waals surface area contributed by atoms with Gasteiger partial charge in [-0.25, -0.2) is 4.98 Å². The normalized spacial score (nSPS) is 12.0. The fourth-order valence-corrected chi connectivity index (χ4v) is 2.53. The number of methoxy groups -OCH3 is 1. The summed E-state index contributed by atoms with van der Waals surface area (Å²) in [5.41, 5.74) is 2.36. The van der Waals surface area contributed by atoms with Crippen LogP contribution in [0.1, 0.15) is 26.0 Å². The summed E-state index contributed by atoms with van der Waals surface area (Å²) >= 11 is 0. The van der Waals surface area contributed by atoms with Crippen molar-refractivity contribution in [2.75, 3.05) is 12.4 Å². The van der Waals surface area contributed by atoms with E-state index in [9.17, 15) is 4.79 Å². The number of amides is 1. The van der Waals surface area contributed by atoms with Crippen molar-refractivity contribution in [2.45, 2.75) is 26.9 Å². The summed E-state index contributed by atoms with van der Waals surface area (Å²) in [6.07, 6.45) is 4.66. The van der Waals surface area contributed by atoms with Gasteiger partial charge in [0.05, 0.1) is 12.8 Å². The molecule has 6 heteroatoms. The van der Waals surface area contributed by atoms with E-state index in [4.69, 9.17) is 9.47 Å². The van der Waals surface area contributed by atoms with Crippen molar-refractivity contribution < 1.29 is 14.3 Å². The summed E-state index contributed by atoms with van der Waals surface area (Å²) in [5, 5.41) is 2.91. The Hall–Kier alpha value is -3.02. The van der Waals surface area contributed by atoms with Gasteiger partial charge in [0.25, 0.3) is 0 Å². The Morgan fingerprint density at radius 3 is 2.85 bits per heavy atom. The van der Waals surface area contributed by atoms with E-state index in [-0.39, 0.29) is 11.8 Å². The number of imidazole rings is 1. The molecule has 1 aromatic carbocycles. The number of carbonyl (C=O) groups is 1. The van der Waals surface area contributed by atoms with Gasteiger partial charge < -0.3 is 19.2 Å². The molecule has 0 fully saturated rings. The van der Waals surface area contributed by atoms with Gasteiger partial charge in [-0.2, -0.15) is 0 Å². The summed E-state index contributed by atoms with van der Waals surface area (Å²) in [6, 6.07) is 11.2. The average molecular weight is 353 g/mol. The number of hydrogen-bond acceptors (Lipinski definition) is 4. The zero-order chi connectivity index (χ0) is 18.5. The second-order valence-electron chi connectivity index (χ2n) is 6.15. The minimum absolute atomic E-state index is 0.0102. The molecule has 136 valence electrons. The number of ether oxygens (including phenoxy) is 2. The molecule has 3 aromatic rings. The van der Waals surface area contributed by atoms with Gasteiger partial charge in [-0.1, -0.05) is 19.9 Å². The van der Waals surface area contributed by atoms with Crippen molar-refractivity contribution in [1.82, 2.24) is 9.38 Å². The lowest BCUT2D eigenvalue weighted by atomic mass is 10.1. The first kappa shape index (κ1) is 17.8. The number of carbonyl (C=O) groups excluding carboxylic acids is 1. The lowest BCUT2D eigenvalue weighted by Crippen LogP contribution is -2.19. The SMILES string of the molecule is CC[C@@H](C)C(=O)Nc1ccc(OC)c(OCc2cn3ccccc3n2)c1. The summed E-state index contributed by atoms with van der Waals surface area (Å²) in [4.78, 5) is 16.6. The van der Waals surface area contributed by atoms with E-state index < -0.39 is 0 Å². The van der Waals surface area contributed by atoms with E-state index in [2.05, 4.69) is 10.3 Å². The van der Waals surface area contributed by atoms with Crippen LogP contribution in [0.2, 0.25) is 0 Å². The molecule has 2 aromatic heterocycles. The van der Waals surface area contributed by atoms with Crippen molar-refractivity contribution in [2.24, 2.45) is 5.92 Å². The number of rotatable bonds is 7. The van der Waals surface area contributed by atoms with E-state index in [1.54, 1.807) is 25.3 Å². The molecular formula is C20H23N3O3. The molecule has 0 aliphatic carbocycles. The Kier molecular flexibility index (Phi) is 5.41. The molecule has 26 heavy (non-hydrogen) atoms. The number of pyridine rings is 1. The van der Waals surface area contributed by atoms with Gasteiger partial charge in [0, 0.05) is 30.1 Å². The second-order valence-corrected chi connectivity index (χ2v) is 6.15. The van der Waals surface area contributed by atoms with Crippen LogP contribution in [0.25, 0.3) is 5.65 Å². The first-order valence-electron chi connectivity index (χ1n) is 8.65. The predicted molar refractivity (Wildman–Crippen MR) is 101 cm³/mol. The third-order valence-corrected chi connectivity index (χ3v) is 4.28. The molecule has 2 heterocycles. The summed E-state index contributed by atoms with van der Waals surface area (Å²) in [5.74, 6) is 1.12. The lowest BCUT2D eigenvalue weighted by molar-refractivity contribution is -0.119. The molecule has 0 saturated carbocycles. The minimum atomic E-state index is -0.0422. The van der Waals surface area contributed by atoms with Crippen LogP contribution < -0.4 is 14.8 Å². The lowest BCUT2D eigenvalue weighted by Gasteiger charge is -2.14. The molecular weight excluding hydrogens is 330 g/mol. The quantitative estimate of drug-likeness (QED) is 0.699. The molecule has 0 bridgehead atoms. The highest BCUT2D eigenvalue weighted by molar-refractivity contribution is 5.92. The van der Waals surface area contributed by atoms with E-state index in [1.807, 2.05) is 48.8 Å². The van der Waals surface area contributed by atoms with Crippen molar-refractivity contribution in [3.63, 3.8) is 0 Å². The molecule has 6 nitrogen and oxygen atoms in total. The highest BCUT2D eigenvalue weighted by atomic mass is 16.5. The topological polar surface area (TPSA) is 64.9 Å². The maximum atomic E-state index is 12.1. The van der Waals surface area contributed by atoms with Crippen LogP contribution in [-0.4, -0.2) is 22.4 Å². The highest BCUT2D eigenvalue weighted by Crippen LogP contribution is 2.31. The Labute approximate surface area is 152 Å². The summed E-state index contributed by atoms with van der Waals surface area (Å²) < 4.78 is 13.2. The minimum Gasteiger partial charge on any atom is -0.493 e. The standard InChI is InChI=1S/C20H23N3O3/c1-4-14(2)20(24)22-15-8-9-17(25-3)18(11-15)26-13-16-12-23-10-6-5-7-19(23)21-16/h5-12,14H,4,13H2,1-3H3,(H,22,24)/t14-/m1/s1. The monoisotopic (exact) mass is 353 g/mol. The van der Waals surface area contributed by atoms with E-state index in [0.29, 0.717) is 23.8 Å². The maximum Gasteiger partial charge on any atom is 0.227 e. The average Bonchev–Trinajstić information content (AvgIpc) is 3.08. The van der Waals surface area contributed by atoms with Gasteiger partial charge in [-0.3, -0.25) is 4.79 Å². The molecule has 0 saturated heterocycles. The van der Waals surface area contributed by atoms with Crippen molar-refractivity contribution in [3.05, 3.63) is 54.5 Å². The largest absolute Gasteiger partial charge is 0.493 e. The van der Waals surface area contributed by atoms with Crippen LogP contribution in [0.15, 0.2) is 48.8 Å². The fraction of sp³-hybridized carbons (Fsp3) is 0.300. The Bertz CT molecular complexity index is 871. The molecule has 0 aliphatic heterocycles. The van der Waals surface area contributed by atoms with Gasteiger partial charge in [0.1, 0.15) is 12.3 Å². The first-order valence-corrected chi connectivity index (χ1v) is 8.65. The second kappa shape index (κ2) is 7.91. The van der Waals surface area contributed by atoms with E-state index in [0.717, 1.165) is 17.8 Å². The first-order chi connectivity index (χ1) is 12.6. The molecule has 0 radical (unpaired) electrons. The Balaban J connectivity index is 1.74. The summed E-state index contributed by atoms with van der Waals surface area (Å²) in [6.45, 7) is 4.20. The zero-order valence-corrected chi connectivity index (χ0v) is 15.2. The molecule has 0 unspecified atom stereocenters. The summed E-state index contributed by atoms with van der Waals surface area (Å²) in [7, 11) is 1.59. The van der Waals surface area contributed by atoms with Crippen molar-refractivity contribution in [1.29, 1.82) is 0 Å². The number of anilines is 1. The molecule has 1 amide bonds. The van der Waals surface area contributed by atoms with Gasteiger partial charge in [0.15, 0.2) is 11.5 Å². The number of benzene rings is 1. The molecule has 0 spiro atoms.